The number of thiophene rings is 2. The summed E-state index contributed by atoms with van der Waals surface area (Å²) in [5.41, 5.74) is 10.1. The average Bonchev–Trinajstić information content (AvgIpc) is 3.92. The van der Waals surface area contributed by atoms with Gasteiger partial charge in [0, 0.05) is 90.9 Å². The molecule has 0 aliphatic heterocycles. The van der Waals surface area contributed by atoms with E-state index < -0.39 is 0 Å². The van der Waals surface area contributed by atoms with Crippen LogP contribution in [0.15, 0.2) is 237 Å². The predicted octanol–water partition coefficient (Wildman–Crippen LogP) is 18.0. The van der Waals surface area contributed by atoms with Crippen molar-refractivity contribution in [3.05, 3.63) is 237 Å². The molecule has 63 heavy (non-hydrogen) atoms. The van der Waals surface area contributed by atoms with E-state index in [1.54, 1.807) is 0 Å². The summed E-state index contributed by atoms with van der Waals surface area (Å²) in [7, 11) is 0. The molecule has 2 heterocycles. The minimum absolute atomic E-state index is 1.10. The van der Waals surface area contributed by atoms with Gasteiger partial charge in [-0.3, -0.25) is 0 Å². The van der Waals surface area contributed by atoms with E-state index in [4.69, 9.17) is 0 Å². The largest absolute Gasteiger partial charge is 0.310 e. The Balaban J connectivity index is 1.09. The van der Waals surface area contributed by atoms with Gasteiger partial charge in [-0.15, -0.1) is 22.7 Å². The summed E-state index contributed by atoms with van der Waals surface area (Å²) in [6.45, 7) is 0. The van der Waals surface area contributed by atoms with Crippen LogP contribution in [0.1, 0.15) is 0 Å². The van der Waals surface area contributed by atoms with Gasteiger partial charge in [0.2, 0.25) is 0 Å². The Bertz CT molecular complexity index is 3490. The fourth-order valence-electron chi connectivity index (χ4n) is 9.20. The summed E-state index contributed by atoms with van der Waals surface area (Å²) in [6.07, 6.45) is 0. The Morgan fingerprint density at radius 2 is 0.698 bits per heavy atom. The smallest absolute Gasteiger partial charge is 0.0575 e. The summed E-state index contributed by atoms with van der Waals surface area (Å²) < 4.78 is 5.05. The lowest BCUT2D eigenvalue weighted by atomic mass is 10.0. The molecule has 0 radical (unpaired) electrons. The molecule has 3 nitrogen and oxygen atoms in total. The van der Waals surface area contributed by atoms with Crippen molar-refractivity contribution in [3.8, 4) is 0 Å². The van der Waals surface area contributed by atoms with Gasteiger partial charge in [0.15, 0.2) is 0 Å². The van der Waals surface area contributed by atoms with E-state index in [0.29, 0.717) is 0 Å². The van der Waals surface area contributed by atoms with Gasteiger partial charge in [0.1, 0.15) is 0 Å². The van der Waals surface area contributed by atoms with E-state index in [9.17, 15) is 0 Å². The highest BCUT2D eigenvalue weighted by Crippen LogP contribution is 2.51. The fraction of sp³-hybridized carbons (Fsp3) is 0. The first-order chi connectivity index (χ1) is 31.3. The maximum absolute atomic E-state index is 2.43. The SMILES string of the molecule is c1ccc(N(c2ccc3c(c2)sc2c4ccccc4c(N(c4ccccc4)c4ccccc4)cc32)c2cc(N(c3ccccc3)c3ccccc3)c3c(c2)sc2ccccc23)cc1. The van der Waals surface area contributed by atoms with Crippen molar-refractivity contribution in [2.75, 3.05) is 14.7 Å². The monoisotopic (exact) mass is 841 g/mol. The number of hydrogen-bond acceptors (Lipinski definition) is 5. The third-order valence-electron chi connectivity index (χ3n) is 12.0. The molecule has 0 N–H and O–H groups in total. The van der Waals surface area contributed by atoms with Crippen LogP contribution in [0, 0.1) is 0 Å². The van der Waals surface area contributed by atoms with Gasteiger partial charge in [-0.1, -0.05) is 140 Å². The molecule has 12 aromatic rings. The van der Waals surface area contributed by atoms with Crippen LogP contribution < -0.4 is 14.7 Å². The molecule has 0 spiro atoms. The molecule has 298 valence electrons. The molecule has 0 atom stereocenters. The van der Waals surface area contributed by atoms with Crippen LogP contribution in [0.2, 0.25) is 0 Å². The summed E-state index contributed by atoms with van der Waals surface area (Å²) in [4.78, 5) is 7.24. The van der Waals surface area contributed by atoms with Crippen LogP contribution >= 0.6 is 22.7 Å². The molecule has 0 saturated heterocycles. The molecular weight excluding hydrogens is 803 g/mol. The number of anilines is 9. The van der Waals surface area contributed by atoms with E-state index >= 15 is 0 Å². The molecule has 0 saturated carbocycles. The first-order valence-corrected chi connectivity index (χ1v) is 22.9. The maximum atomic E-state index is 2.43. The molecule has 0 fully saturated rings. The van der Waals surface area contributed by atoms with Crippen molar-refractivity contribution < 1.29 is 0 Å². The highest BCUT2D eigenvalue weighted by Gasteiger charge is 2.24. The van der Waals surface area contributed by atoms with E-state index in [1.807, 2.05) is 22.7 Å². The van der Waals surface area contributed by atoms with Gasteiger partial charge >= 0.3 is 0 Å². The third kappa shape index (κ3) is 6.49. The van der Waals surface area contributed by atoms with Gasteiger partial charge in [0.05, 0.1) is 11.4 Å². The molecule has 10 aromatic carbocycles. The van der Waals surface area contributed by atoms with Crippen molar-refractivity contribution in [2.24, 2.45) is 0 Å². The highest BCUT2D eigenvalue weighted by molar-refractivity contribution is 7.27. The molecule has 0 unspecified atom stereocenters. The second kappa shape index (κ2) is 15.6. The predicted molar refractivity (Wildman–Crippen MR) is 274 cm³/mol. The topological polar surface area (TPSA) is 9.72 Å². The van der Waals surface area contributed by atoms with Crippen molar-refractivity contribution in [1.29, 1.82) is 0 Å². The first-order valence-electron chi connectivity index (χ1n) is 21.3. The minimum Gasteiger partial charge on any atom is -0.310 e. The van der Waals surface area contributed by atoms with Gasteiger partial charge in [-0.25, -0.2) is 0 Å². The van der Waals surface area contributed by atoms with Crippen molar-refractivity contribution in [1.82, 2.24) is 0 Å². The number of fused-ring (bicyclic) bond motifs is 8. The number of benzene rings is 10. The van der Waals surface area contributed by atoms with Gasteiger partial charge < -0.3 is 14.7 Å². The van der Waals surface area contributed by atoms with E-state index in [1.165, 1.54) is 51.1 Å². The van der Waals surface area contributed by atoms with Crippen LogP contribution in [0.5, 0.6) is 0 Å². The number of nitrogens with zero attached hydrogens (tertiary/aromatic N) is 3. The molecular formula is C58H39N3S2. The van der Waals surface area contributed by atoms with Gasteiger partial charge in [-0.2, -0.15) is 0 Å². The standard InChI is InChI=1S/C58H39N3S2/c1-6-20-40(21-7-1)59(46-36-53(57-50-32-18-19-33-54(50)62-56(57)38-46)61(43-26-12-4-13-27-43)44-28-14-5-15-29-44)45-34-35-48-51-39-52(47-30-16-17-31-49(47)58(51)63-55(48)37-45)60(41-22-8-2-9-23-41)42-24-10-3-11-25-42/h1-39H. The molecule has 2 aromatic heterocycles. The average molecular weight is 842 g/mol. The van der Waals surface area contributed by atoms with Gasteiger partial charge in [0.25, 0.3) is 0 Å². The Labute approximate surface area is 374 Å². The normalized spacial score (nSPS) is 11.5. The highest BCUT2D eigenvalue weighted by atomic mass is 32.1. The van der Waals surface area contributed by atoms with Crippen molar-refractivity contribution >= 4 is 125 Å². The number of rotatable bonds is 9. The summed E-state index contributed by atoms with van der Waals surface area (Å²) in [5, 5.41) is 7.50. The van der Waals surface area contributed by atoms with E-state index in [0.717, 1.165) is 51.2 Å². The fourth-order valence-corrected chi connectivity index (χ4v) is 11.6. The summed E-state index contributed by atoms with van der Waals surface area (Å²) in [6, 6.07) is 85.7. The van der Waals surface area contributed by atoms with Crippen LogP contribution in [0.4, 0.5) is 51.2 Å². The molecule has 0 aliphatic carbocycles. The zero-order chi connectivity index (χ0) is 41.7. The third-order valence-corrected chi connectivity index (χ3v) is 14.3. The lowest BCUT2D eigenvalue weighted by Crippen LogP contribution is -2.13. The first kappa shape index (κ1) is 37.1. The minimum atomic E-state index is 1.10. The molecule has 12 rings (SSSR count). The lowest BCUT2D eigenvalue weighted by Gasteiger charge is -2.30. The Hall–Kier alpha value is -7.70. The zero-order valence-corrected chi connectivity index (χ0v) is 35.8. The lowest BCUT2D eigenvalue weighted by molar-refractivity contribution is 1.27. The Morgan fingerprint density at radius 1 is 0.238 bits per heavy atom. The summed E-state index contributed by atoms with van der Waals surface area (Å²) in [5.74, 6) is 0. The van der Waals surface area contributed by atoms with Crippen molar-refractivity contribution in [2.45, 2.75) is 0 Å². The molecule has 0 bridgehead atoms. The second-order valence-corrected chi connectivity index (χ2v) is 17.9. The summed E-state index contributed by atoms with van der Waals surface area (Å²) >= 11 is 3.74. The molecule has 5 heteroatoms. The van der Waals surface area contributed by atoms with Crippen LogP contribution in [-0.4, -0.2) is 0 Å². The molecule has 0 amide bonds. The van der Waals surface area contributed by atoms with Crippen LogP contribution in [0.25, 0.3) is 51.1 Å². The van der Waals surface area contributed by atoms with E-state index in [2.05, 4.69) is 251 Å². The van der Waals surface area contributed by atoms with E-state index in [-0.39, 0.29) is 0 Å². The zero-order valence-electron chi connectivity index (χ0n) is 34.2. The number of para-hydroxylation sites is 5. The number of hydrogen-bond donors (Lipinski definition) is 0. The Morgan fingerprint density at radius 3 is 1.27 bits per heavy atom. The van der Waals surface area contributed by atoms with Crippen LogP contribution in [0.3, 0.4) is 0 Å². The maximum Gasteiger partial charge on any atom is 0.0575 e. The quantitative estimate of drug-likeness (QED) is 0.143. The van der Waals surface area contributed by atoms with Gasteiger partial charge in [-0.05, 0) is 97.1 Å². The van der Waals surface area contributed by atoms with Crippen LogP contribution in [-0.2, 0) is 0 Å². The second-order valence-electron chi connectivity index (χ2n) is 15.7. The van der Waals surface area contributed by atoms with Crippen molar-refractivity contribution in [3.63, 3.8) is 0 Å². The Kier molecular flexibility index (Phi) is 9.21. The molecule has 0 aliphatic rings.